The Morgan fingerprint density at radius 2 is 0.870 bits per heavy atom. The molecule has 54 heavy (non-hydrogen) atoms. The van der Waals surface area contributed by atoms with Crippen LogP contribution in [-0.4, -0.2) is 98.9 Å². The largest absolute Gasteiger partial charge is 0.472 e. The van der Waals surface area contributed by atoms with Crippen molar-refractivity contribution in [2.45, 2.75) is 236 Å². The molecule has 6 atom stereocenters. The lowest BCUT2D eigenvalue weighted by atomic mass is 9.85. The van der Waals surface area contributed by atoms with Gasteiger partial charge in [0.15, 0.2) is 0 Å². The Labute approximate surface area is 327 Å². The molecule has 1 rings (SSSR count). The van der Waals surface area contributed by atoms with Crippen LogP contribution in [0.25, 0.3) is 0 Å². The lowest BCUT2D eigenvalue weighted by molar-refractivity contribution is -0.220. The van der Waals surface area contributed by atoms with Gasteiger partial charge in [0.2, 0.25) is 0 Å². The first-order chi connectivity index (χ1) is 26.0. The number of unbranched alkanes of at least 4 members (excludes halogenated alkanes) is 25. The van der Waals surface area contributed by atoms with Crippen LogP contribution in [0.3, 0.4) is 0 Å². The second kappa shape index (κ2) is 33.3. The van der Waals surface area contributed by atoms with E-state index in [1.807, 2.05) is 0 Å². The van der Waals surface area contributed by atoms with E-state index in [1.54, 1.807) is 0 Å². The third-order valence-corrected chi connectivity index (χ3v) is 11.5. The molecule has 0 amide bonds. The summed E-state index contributed by atoms with van der Waals surface area (Å²) < 4.78 is 34.1. The number of aliphatic hydroxyl groups excluding tert-OH is 5. The molecule has 1 fully saturated rings. The van der Waals surface area contributed by atoms with Gasteiger partial charge in [0, 0.05) is 13.0 Å². The first-order valence-corrected chi connectivity index (χ1v) is 23.4. The maximum Gasteiger partial charge on any atom is 0.472 e. The third kappa shape index (κ3) is 25.6. The molecule has 1 saturated carbocycles. The summed E-state index contributed by atoms with van der Waals surface area (Å²) in [5, 5.41) is 50.0. The van der Waals surface area contributed by atoms with E-state index >= 15 is 0 Å². The van der Waals surface area contributed by atoms with Gasteiger partial charge in [0.25, 0.3) is 0 Å². The summed E-state index contributed by atoms with van der Waals surface area (Å²) in [5.41, 5.74) is 0. The highest BCUT2D eigenvalue weighted by Crippen LogP contribution is 2.47. The second-order valence-electron chi connectivity index (χ2n) is 15.6. The van der Waals surface area contributed by atoms with Crippen molar-refractivity contribution in [2.24, 2.45) is 0 Å². The molecule has 1 aliphatic carbocycles. The van der Waals surface area contributed by atoms with E-state index < -0.39 is 63.1 Å². The Morgan fingerprint density at radius 1 is 0.519 bits per heavy atom. The Balaban J connectivity index is 2.40. The van der Waals surface area contributed by atoms with Crippen LogP contribution < -0.4 is 0 Å². The number of phosphoric acid groups is 1. The van der Waals surface area contributed by atoms with Crippen LogP contribution in [0.1, 0.15) is 194 Å². The van der Waals surface area contributed by atoms with Crippen molar-refractivity contribution in [1.82, 2.24) is 0 Å². The zero-order chi connectivity index (χ0) is 39.9. The summed E-state index contributed by atoms with van der Waals surface area (Å²) in [6.45, 7) is 4.27. The van der Waals surface area contributed by atoms with Crippen LogP contribution in [-0.2, 0) is 27.9 Å². The van der Waals surface area contributed by atoms with Crippen LogP contribution in [0, 0.1) is 0 Å². The number of esters is 1. The molecular formula is C41H81O12P. The molecule has 0 aromatic rings. The topological polar surface area (TPSA) is 192 Å². The molecule has 322 valence electrons. The van der Waals surface area contributed by atoms with Gasteiger partial charge in [-0.05, 0) is 12.8 Å². The van der Waals surface area contributed by atoms with E-state index in [9.17, 15) is 39.8 Å². The minimum atomic E-state index is -5.00. The smallest absolute Gasteiger partial charge is 0.457 e. The standard InChI is InChI=1S/C41H81O12P/c1-3-5-7-9-11-13-15-16-17-18-19-20-22-24-26-28-30-35(42)52-34(32-50-31-29-27-25-23-21-14-12-10-8-6-4-2)33-51-54(48,49)53-41-39(46)37(44)36(43)38(45)40(41)47/h34,36-41,43-47H,3-33H2,1-2H3,(H,48,49). The van der Waals surface area contributed by atoms with Crippen molar-refractivity contribution < 1.29 is 58.3 Å². The fraction of sp³-hybridized carbons (Fsp3) is 0.976. The minimum absolute atomic E-state index is 0.0687. The number of ether oxygens (including phenoxy) is 2. The fourth-order valence-electron chi connectivity index (χ4n) is 6.94. The average Bonchev–Trinajstić information content (AvgIpc) is 3.15. The van der Waals surface area contributed by atoms with Crippen LogP contribution in [0.5, 0.6) is 0 Å². The van der Waals surface area contributed by atoms with Crippen molar-refractivity contribution in [3.63, 3.8) is 0 Å². The molecule has 6 N–H and O–H groups in total. The quantitative estimate of drug-likeness (QED) is 0.0201. The number of rotatable bonds is 37. The molecule has 0 spiro atoms. The number of aliphatic hydroxyl groups is 5. The van der Waals surface area contributed by atoms with Gasteiger partial charge in [0.1, 0.15) is 42.7 Å². The first-order valence-electron chi connectivity index (χ1n) is 21.9. The van der Waals surface area contributed by atoms with Gasteiger partial charge in [0.05, 0.1) is 13.2 Å². The van der Waals surface area contributed by atoms with Gasteiger partial charge in [-0.15, -0.1) is 0 Å². The van der Waals surface area contributed by atoms with Crippen molar-refractivity contribution in [3.05, 3.63) is 0 Å². The molecule has 0 heterocycles. The number of carbonyl (C=O) groups is 1. The highest BCUT2D eigenvalue weighted by molar-refractivity contribution is 7.47. The summed E-state index contributed by atoms with van der Waals surface area (Å²) in [6.07, 6.45) is 20.3. The lowest BCUT2D eigenvalue weighted by Crippen LogP contribution is -2.64. The summed E-state index contributed by atoms with van der Waals surface area (Å²) in [5.74, 6) is -0.473. The Hall–Kier alpha value is -0.660. The predicted molar refractivity (Wildman–Crippen MR) is 212 cm³/mol. The normalized spacial score (nSPS) is 23.3. The molecule has 0 saturated heterocycles. The summed E-state index contributed by atoms with van der Waals surface area (Å²) in [4.78, 5) is 23.1. The van der Waals surface area contributed by atoms with E-state index in [-0.39, 0.29) is 13.0 Å². The van der Waals surface area contributed by atoms with Gasteiger partial charge in [-0.1, -0.05) is 174 Å². The molecule has 0 aromatic carbocycles. The van der Waals surface area contributed by atoms with Gasteiger partial charge >= 0.3 is 13.8 Å². The molecule has 12 nitrogen and oxygen atoms in total. The summed E-state index contributed by atoms with van der Waals surface area (Å²) in [6, 6.07) is 0. The molecule has 13 heteroatoms. The van der Waals surface area contributed by atoms with E-state index in [0.717, 1.165) is 38.5 Å². The van der Waals surface area contributed by atoms with Crippen molar-refractivity contribution in [3.8, 4) is 0 Å². The third-order valence-electron chi connectivity index (χ3n) is 10.5. The van der Waals surface area contributed by atoms with Crippen LogP contribution >= 0.6 is 7.82 Å². The van der Waals surface area contributed by atoms with Gasteiger partial charge in [-0.3, -0.25) is 13.8 Å². The Kier molecular flexibility index (Phi) is 31.7. The molecule has 6 unspecified atom stereocenters. The minimum Gasteiger partial charge on any atom is -0.457 e. The maximum absolute atomic E-state index is 12.8. The Morgan fingerprint density at radius 3 is 1.28 bits per heavy atom. The number of hydrogen-bond donors (Lipinski definition) is 6. The number of hydrogen-bond acceptors (Lipinski definition) is 11. The zero-order valence-electron chi connectivity index (χ0n) is 34.0. The molecule has 0 aliphatic heterocycles. The van der Waals surface area contributed by atoms with Gasteiger partial charge < -0.3 is 39.9 Å². The van der Waals surface area contributed by atoms with E-state index in [4.69, 9.17) is 18.5 Å². The van der Waals surface area contributed by atoms with Crippen molar-refractivity contribution in [1.29, 1.82) is 0 Å². The van der Waals surface area contributed by atoms with Crippen molar-refractivity contribution >= 4 is 13.8 Å². The van der Waals surface area contributed by atoms with Gasteiger partial charge in [-0.25, -0.2) is 4.57 Å². The summed E-state index contributed by atoms with van der Waals surface area (Å²) >= 11 is 0. The monoisotopic (exact) mass is 797 g/mol. The molecule has 0 bridgehead atoms. The molecular weight excluding hydrogens is 715 g/mol. The highest BCUT2D eigenvalue weighted by atomic mass is 31.2. The van der Waals surface area contributed by atoms with E-state index in [2.05, 4.69) is 13.8 Å². The number of carbonyl (C=O) groups excluding carboxylic acids is 1. The highest BCUT2D eigenvalue weighted by Gasteiger charge is 2.51. The van der Waals surface area contributed by atoms with E-state index in [1.165, 1.54) is 128 Å². The average molecular weight is 797 g/mol. The second-order valence-corrected chi connectivity index (χ2v) is 17.0. The van der Waals surface area contributed by atoms with Crippen LogP contribution in [0.4, 0.5) is 0 Å². The summed E-state index contributed by atoms with van der Waals surface area (Å²) in [7, 11) is -5.00. The maximum atomic E-state index is 12.8. The fourth-order valence-corrected chi connectivity index (χ4v) is 7.92. The first kappa shape index (κ1) is 51.4. The molecule has 1 aliphatic rings. The molecule has 0 aromatic heterocycles. The number of phosphoric ester groups is 1. The lowest BCUT2D eigenvalue weighted by Gasteiger charge is -2.41. The van der Waals surface area contributed by atoms with Gasteiger partial charge in [-0.2, -0.15) is 0 Å². The zero-order valence-corrected chi connectivity index (χ0v) is 34.9. The Bertz CT molecular complexity index is 911. The SMILES string of the molecule is CCCCCCCCCCCCCCCCCCC(=O)OC(COCCCCCCCCCCCCC)COP(=O)(O)OC1C(O)C(O)C(O)C(O)C1O. The van der Waals surface area contributed by atoms with Crippen molar-refractivity contribution in [2.75, 3.05) is 19.8 Å². The van der Waals surface area contributed by atoms with Crippen LogP contribution in [0.15, 0.2) is 0 Å². The van der Waals surface area contributed by atoms with E-state index in [0.29, 0.717) is 13.0 Å². The van der Waals surface area contributed by atoms with Crippen LogP contribution in [0.2, 0.25) is 0 Å². The molecule has 0 radical (unpaired) electrons. The predicted octanol–water partition coefficient (Wildman–Crippen LogP) is 8.20.